The Morgan fingerprint density at radius 2 is 1.88 bits per heavy atom. The van der Waals surface area contributed by atoms with Crippen molar-refractivity contribution in [2.45, 2.75) is 19.9 Å². The molecule has 1 aliphatic rings. The minimum atomic E-state index is -1.16. The second kappa shape index (κ2) is 11.6. The maximum atomic E-state index is 13.6. The molecular formula is C29H28N2O8S. The minimum Gasteiger partial charge on any atom is -0.507 e. The number of carbonyl (C=O) groups is 3. The molecule has 1 saturated heterocycles. The third kappa shape index (κ3) is 4.91. The zero-order chi connectivity index (χ0) is 29.1. The molecule has 11 heteroatoms. The number of benzene rings is 2. The van der Waals surface area contributed by atoms with Crippen LogP contribution in [0.15, 0.2) is 54.6 Å². The largest absolute Gasteiger partial charge is 0.507 e. The molecule has 1 N–H and O–H groups in total. The summed E-state index contributed by atoms with van der Waals surface area (Å²) in [5.74, 6) is -1.69. The molecule has 0 saturated carbocycles. The molecule has 0 spiro atoms. The van der Waals surface area contributed by atoms with E-state index in [4.69, 9.17) is 18.9 Å². The van der Waals surface area contributed by atoms with Crippen molar-refractivity contribution in [1.29, 1.82) is 0 Å². The normalized spacial score (nSPS) is 16.1. The summed E-state index contributed by atoms with van der Waals surface area (Å²) in [7, 11) is 4.42. The van der Waals surface area contributed by atoms with Gasteiger partial charge in [0, 0.05) is 11.1 Å². The number of para-hydroxylation sites is 1. The zero-order valence-electron chi connectivity index (χ0n) is 22.6. The van der Waals surface area contributed by atoms with Crippen LogP contribution in [0, 0.1) is 13.8 Å². The number of esters is 1. The van der Waals surface area contributed by atoms with Crippen molar-refractivity contribution in [1.82, 2.24) is 4.98 Å². The lowest BCUT2D eigenvalue weighted by Gasteiger charge is -2.25. The van der Waals surface area contributed by atoms with Gasteiger partial charge in [0.1, 0.15) is 29.0 Å². The first kappa shape index (κ1) is 28.4. The number of rotatable bonds is 9. The lowest BCUT2D eigenvalue weighted by atomic mass is 9.93. The van der Waals surface area contributed by atoms with Gasteiger partial charge in [0.2, 0.25) is 0 Å². The lowest BCUT2D eigenvalue weighted by molar-refractivity contribution is -0.132. The molecule has 0 radical (unpaired) electrons. The van der Waals surface area contributed by atoms with Crippen LogP contribution in [0.3, 0.4) is 0 Å². The zero-order valence-corrected chi connectivity index (χ0v) is 23.5. The van der Waals surface area contributed by atoms with Crippen molar-refractivity contribution in [2.24, 2.45) is 0 Å². The Bertz CT molecular complexity index is 1540. The van der Waals surface area contributed by atoms with E-state index in [1.54, 1.807) is 50.2 Å². The van der Waals surface area contributed by atoms with Gasteiger partial charge in [0.05, 0.1) is 32.6 Å². The topological polar surface area (TPSA) is 124 Å². The summed E-state index contributed by atoms with van der Waals surface area (Å²) in [4.78, 5) is 45.6. The number of aryl methyl sites for hydroxylation is 2. The molecular weight excluding hydrogens is 536 g/mol. The Balaban J connectivity index is 1.98. The Hall–Kier alpha value is -4.64. The molecule has 208 valence electrons. The number of methoxy groups -OCH3 is 3. The summed E-state index contributed by atoms with van der Waals surface area (Å²) in [5.41, 5.74) is 1.48. The van der Waals surface area contributed by atoms with Crippen molar-refractivity contribution in [2.75, 3.05) is 32.8 Å². The number of aliphatic hydroxyl groups excluding tert-OH is 1. The minimum absolute atomic E-state index is 0.00174. The number of aromatic nitrogens is 1. The summed E-state index contributed by atoms with van der Waals surface area (Å²) < 4.78 is 21.5. The summed E-state index contributed by atoms with van der Waals surface area (Å²) >= 11 is 0.901. The predicted molar refractivity (Wildman–Crippen MR) is 149 cm³/mol. The van der Waals surface area contributed by atoms with Crippen LogP contribution in [0.4, 0.5) is 5.13 Å². The fourth-order valence-electron chi connectivity index (χ4n) is 4.50. The van der Waals surface area contributed by atoms with E-state index in [0.29, 0.717) is 33.9 Å². The first-order valence-corrected chi connectivity index (χ1v) is 12.9. The molecule has 2 aromatic carbocycles. The number of amides is 1. The van der Waals surface area contributed by atoms with Crippen molar-refractivity contribution < 1.29 is 38.4 Å². The fourth-order valence-corrected chi connectivity index (χ4v) is 5.49. The van der Waals surface area contributed by atoms with Gasteiger partial charge >= 0.3 is 11.9 Å². The van der Waals surface area contributed by atoms with Crippen LogP contribution in [0.25, 0.3) is 5.76 Å². The Kier molecular flexibility index (Phi) is 8.24. The van der Waals surface area contributed by atoms with E-state index in [2.05, 4.69) is 11.6 Å². The predicted octanol–water partition coefficient (Wildman–Crippen LogP) is 4.75. The van der Waals surface area contributed by atoms with Crippen LogP contribution in [0.1, 0.15) is 38.1 Å². The van der Waals surface area contributed by atoms with Crippen LogP contribution in [-0.4, -0.2) is 55.7 Å². The van der Waals surface area contributed by atoms with E-state index in [1.165, 1.54) is 27.4 Å². The van der Waals surface area contributed by atoms with Gasteiger partial charge in [0.15, 0.2) is 16.6 Å². The smallest absolute Gasteiger partial charge is 0.350 e. The number of Topliss-reactive ketones (excluding diaryl/α,β-unsaturated/α-hetero) is 1. The molecule has 1 aliphatic heterocycles. The number of carbonyl (C=O) groups excluding carboxylic acids is 3. The SMILES string of the molecule is C=CCOC(=O)c1sc(N2C(=O)C(=O)C(=C(O)c3ccc(OC)cc3C)[C@H]2c2cccc(OC)c2OC)nc1C. The van der Waals surface area contributed by atoms with E-state index in [1.807, 2.05) is 0 Å². The van der Waals surface area contributed by atoms with Crippen molar-refractivity contribution >= 4 is 39.9 Å². The molecule has 2 heterocycles. The standard InChI is InChI=1S/C29H28N2O8S/c1-7-13-39-28(35)26-16(3)30-29(40-26)31-22(19-9-8-10-20(37-5)25(19)38-6)21(24(33)27(31)34)23(32)18-12-11-17(36-4)14-15(18)2/h7-12,14,22,32H,1,13H2,2-6H3/t22-/m1/s1. The molecule has 3 aromatic rings. The maximum Gasteiger partial charge on any atom is 0.350 e. The molecule has 1 atom stereocenters. The van der Waals surface area contributed by atoms with E-state index in [0.717, 1.165) is 16.2 Å². The number of ether oxygens (including phenoxy) is 4. The third-order valence-corrected chi connectivity index (χ3v) is 7.51. The van der Waals surface area contributed by atoms with Crippen LogP contribution in [0.5, 0.6) is 17.2 Å². The van der Waals surface area contributed by atoms with Gasteiger partial charge in [-0.05, 0) is 43.7 Å². The molecule has 4 rings (SSSR count). The van der Waals surface area contributed by atoms with Gasteiger partial charge in [-0.15, -0.1) is 0 Å². The number of ketones is 1. The molecule has 0 aliphatic carbocycles. The number of aliphatic hydroxyl groups is 1. The Morgan fingerprint density at radius 1 is 1.12 bits per heavy atom. The summed E-state index contributed by atoms with van der Waals surface area (Å²) in [6, 6.07) is 8.82. The molecule has 10 nitrogen and oxygen atoms in total. The van der Waals surface area contributed by atoms with Gasteiger partial charge in [-0.3, -0.25) is 14.5 Å². The maximum absolute atomic E-state index is 13.6. The van der Waals surface area contributed by atoms with E-state index in [9.17, 15) is 19.5 Å². The van der Waals surface area contributed by atoms with Crippen LogP contribution in [0.2, 0.25) is 0 Å². The number of anilines is 1. The summed E-state index contributed by atoms with van der Waals surface area (Å²) in [6.45, 7) is 6.89. The average Bonchev–Trinajstić information content (AvgIpc) is 3.46. The van der Waals surface area contributed by atoms with Crippen LogP contribution in [-0.2, 0) is 14.3 Å². The van der Waals surface area contributed by atoms with E-state index in [-0.39, 0.29) is 33.7 Å². The summed E-state index contributed by atoms with van der Waals surface area (Å²) in [6.07, 6.45) is 1.43. The molecule has 40 heavy (non-hydrogen) atoms. The highest BCUT2D eigenvalue weighted by molar-refractivity contribution is 7.17. The molecule has 0 unspecified atom stereocenters. The lowest BCUT2D eigenvalue weighted by Crippen LogP contribution is -2.29. The van der Waals surface area contributed by atoms with Gasteiger partial charge in [-0.2, -0.15) is 0 Å². The third-order valence-electron chi connectivity index (χ3n) is 6.37. The van der Waals surface area contributed by atoms with Gasteiger partial charge in [-0.1, -0.05) is 36.1 Å². The summed E-state index contributed by atoms with van der Waals surface area (Å²) in [5, 5.41) is 11.6. The molecule has 1 fully saturated rings. The second-order valence-corrected chi connectivity index (χ2v) is 9.71. The Morgan fingerprint density at radius 3 is 2.50 bits per heavy atom. The molecule has 0 bridgehead atoms. The number of nitrogens with zero attached hydrogens (tertiary/aromatic N) is 2. The molecule has 1 aromatic heterocycles. The second-order valence-electron chi connectivity index (χ2n) is 8.73. The van der Waals surface area contributed by atoms with Crippen LogP contribution < -0.4 is 19.1 Å². The van der Waals surface area contributed by atoms with Gasteiger partial charge in [0.25, 0.3) is 5.78 Å². The van der Waals surface area contributed by atoms with E-state index >= 15 is 0 Å². The fraction of sp³-hybridized carbons (Fsp3) is 0.241. The highest BCUT2D eigenvalue weighted by Gasteiger charge is 2.49. The quantitative estimate of drug-likeness (QED) is 0.129. The van der Waals surface area contributed by atoms with E-state index < -0.39 is 23.7 Å². The first-order chi connectivity index (χ1) is 19.2. The highest BCUT2D eigenvalue weighted by Crippen LogP contribution is 2.48. The highest BCUT2D eigenvalue weighted by atomic mass is 32.1. The number of thiazole rings is 1. The monoisotopic (exact) mass is 564 g/mol. The first-order valence-electron chi connectivity index (χ1n) is 12.1. The van der Waals surface area contributed by atoms with Gasteiger partial charge in [-0.25, -0.2) is 9.78 Å². The molecule has 1 amide bonds. The van der Waals surface area contributed by atoms with Crippen molar-refractivity contribution in [3.63, 3.8) is 0 Å². The van der Waals surface area contributed by atoms with Gasteiger partial charge < -0.3 is 24.1 Å². The van der Waals surface area contributed by atoms with Crippen LogP contribution >= 0.6 is 11.3 Å². The number of hydrogen-bond donors (Lipinski definition) is 1. The Labute approximate surface area is 235 Å². The number of hydrogen-bond acceptors (Lipinski definition) is 10. The van der Waals surface area contributed by atoms with Crippen molar-refractivity contribution in [3.8, 4) is 17.2 Å². The van der Waals surface area contributed by atoms with Crippen molar-refractivity contribution in [3.05, 3.63) is 81.9 Å². The average molecular weight is 565 g/mol.